The van der Waals surface area contributed by atoms with Crippen LogP contribution in [0.4, 0.5) is 0 Å². The number of aromatic nitrogens is 4. The third-order valence-corrected chi connectivity index (χ3v) is 10.8. The highest BCUT2D eigenvalue weighted by molar-refractivity contribution is 6.28. The molecule has 4 nitrogen and oxygen atoms in total. The van der Waals surface area contributed by atoms with E-state index in [1.807, 2.05) is 12.1 Å². The molecule has 0 amide bonds. The number of nitrogens with zero attached hydrogens (tertiary/aromatic N) is 4. The molecule has 11 rings (SSSR count). The zero-order chi connectivity index (χ0) is 35.6. The van der Waals surface area contributed by atoms with Gasteiger partial charge in [0.2, 0.25) is 5.95 Å². The minimum atomic E-state index is 0.661. The van der Waals surface area contributed by atoms with Gasteiger partial charge in [-0.05, 0) is 64.7 Å². The van der Waals surface area contributed by atoms with Crippen molar-refractivity contribution in [2.24, 2.45) is 0 Å². The minimum Gasteiger partial charge on any atom is -0.309 e. The lowest BCUT2D eigenvalue weighted by molar-refractivity contribution is 1.01. The molecule has 11 aromatic rings. The second-order valence-electron chi connectivity index (χ2n) is 13.8. The van der Waals surface area contributed by atoms with Crippen LogP contribution in [0, 0.1) is 0 Å². The molecule has 0 aliphatic rings. The molecule has 0 atom stereocenters. The molecule has 0 spiro atoms. The molecule has 0 aliphatic carbocycles. The lowest BCUT2D eigenvalue weighted by Crippen LogP contribution is -2.03. The average Bonchev–Trinajstić information content (AvgIpc) is 3.77. The summed E-state index contributed by atoms with van der Waals surface area (Å²) < 4.78 is 4.64. The summed E-state index contributed by atoms with van der Waals surface area (Å²) in [5.74, 6) is 0.661. The molecule has 0 saturated carbocycles. The molecule has 0 saturated heterocycles. The quantitative estimate of drug-likeness (QED) is 0.180. The van der Waals surface area contributed by atoms with Crippen molar-refractivity contribution in [2.45, 2.75) is 0 Å². The summed E-state index contributed by atoms with van der Waals surface area (Å²) in [6.07, 6.45) is 0. The van der Waals surface area contributed by atoms with Crippen molar-refractivity contribution in [1.29, 1.82) is 0 Å². The van der Waals surface area contributed by atoms with Crippen LogP contribution in [0.5, 0.6) is 0 Å². The molecule has 252 valence electrons. The molecule has 3 aromatic heterocycles. The Hall–Kier alpha value is -7.30. The molecule has 4 heteroatoms. The molecular formula is C50H32N4. The maximum absolute atomic E-state index is 5.31. The van der Waals surface area contributed by atoms with Crippen molar-refractivity contribution < 1.29 is 0 Å². The second kappa shape index (κ2) is 12.1. The van der Waals surface area contributed by atoms with E-state index < -0.39 is 0 Å². The summed E-state index contributed by atoms with van der Waals surface area (Å²) in [5.41, 5.74) is 13.4. The highest BCUT2D eigenvalue weighted by Crippen LogP contribution is 2.42. The van der Waals surface area contributed by atoms with Crippen molar-refractivity contribution in [3.05, 3.63) is 194 Å². The maximum atomic E-state index is 5.31. The van der Waals surface area contributed by atoms with Crippen LogP contribution in [0.25, 0.3) is 99.7 Å². The van der Waals surface area contributed by atoms with Gasteiger partial charge in [-0.1, -0.05) is 152 Å². The standard InChI is InChI=1S/C50H32N4/c1-3-13-33(14-4-1)34-23-25-35(26-24-34)36-27-29-38(30-28-36)53-43-21-11-8-18-40(43)47-45(53)31-32-46-48(47)41-19-9-12-22-44(41)54(46)50-51-42-20-10-7-17-39(42)49(52-50)37-15-5-2-6-16-37/h1-32H. The number of rotatable bonds is 5. The normalized spacial score (nSPS) is 11.7. The highest BCUT2D eigenvalue weighted by Gasteiger charge is 2.22. The molecule has 0 bridgehead atoms. The average molecular weight is 689 g/mol. The van der Waals surface area contributed by atoms with Gasteiger partial charge in [-0.15, -0.1) is 0 Å². The SMILES string of the molecule is c1ccc(-c2ccc(-c3ccc(-n4c5ccccc5c5c6c7ccccc7n(-c7nc(-c8ccccc8)c8ccccc8n7)c6ccc54)cc3)cc2)cc1. The first-order chi connectivity index (χ1) is 26.8. The van der Waals surface area contributed by atoms with E-state index in [1.54, 1.807) is 0 Å². The smallest absolute Gasteiger partial charge is 0.235 e. The molecule has 8 aromatic carbocycles. The number of hydrogen-bond donors (Lipinski definition) is 0. The Bertz CT molecular complexity index is 3170. The van der Waals surface area contributed by atoms with Crippen molar-refractivity contribution in [3.8, 4) is 45.1 Å². The van der Waals surface area contributed by atoms with E-state index >= 15 is 0 Å². The Kier molecular flexibility index (Phi) is 6.82. The van der Waals surface area contributed by atoms with Crippen LogP contribution in [0.15, 0.2) is 194 Å². The summed E-state index contributed by atoms with van der Waals surface area (Å²) in [6, 6.07) is 69.0. The summed E-state index contributed by atoms with van der Waals surface area (Å²) in [5, 5.41) is 5.85. The Morgan fingerprint density at radius 3 is 1.35 bits per heavy atom. The topological polar surface area (TPSA) is 35.6 Å². The summed E-state index contributed by atoms with van der Waals surface area (Å²) >= 11 is 0. The molecule has 0 N–H and O–H groups in total. The van der Waals surface area contributed by atoms with Crippen LogP contribution < -0.4 is 0 Å². The van der Waals surface area contributed by atoms with Gasteiger partial charge in [0.15, 0.2) is 0 Å². The van der Waals surface area contributed by atoms with Gasteiger partial charge in [-0.3, -0.25) is 4.57 Å². The van der Waals surface area contributed by atoms with Gasteiger partial charge in [0.1, 0.15) is 0 Å². The van der Waals surface area contributed by atoms with Crippen molar-refractivity contribution in [1.82, 2.24) is 19.1 Å². The molecule has 0 aliphatic heterocycles. The summed E-state index contributed by atoms with van der Waals surface area (Å²) in [6.45, 7) is 0. The largest absolute Gasteiger partial charge is 0.309 e. The first kappa shape index (κ1) is 30.3. The fourth-order valence-electron chi connectivity index (χ4n) is 8.28. The van der Waals surface area contributed by atoms with Crippen molar-refractivity contribution >= 4 is 54.5 Å². The van der Waals surface area contributed by atoms with Gasteiger partial charge in [-0.25, -0.2) is 9.97 Å². The van der Waals surface area contributed by atoms with Crippen LogP contribution in [0.3, 0.4) is 0 Å². The van der Waals surface area contributed by atoms with Gasteiger partial charge >= 0.3 is 0 Å². The van der Waals surface area contributed by atoms with Gasteiger partial charge in [0.25, 0.3) is 0 Å². The van der Waals surface area contributed by atoms with E-state index in [4.69, 9.17) is 9.97 Å². The van der Waals surface area contributed by atoms with Gasteiger partial charge < -0.3 is 4.57 Å². The van der Waals surface area contributed by atoms with E-state index in [0.29, 0.717) is 5.95 Å². The Morgan fingerprint density at radius 1 is 0.296 bits per heavy atom. The third-order valence-electron chi connectivity index (χ3n) is 10.8. The Balaban J connectivity index is 1.10. The summed E-state index contributed by atoms with van der Waals surface area (Å²) in [4.78, 5) is 10.5. The van der Waals surface area contributed by atoms with Crippen LogP contribution in [-0.4, -0.2) is 19.1 Å². The van der Waals surface area contributed by atoms with Crippen LogP contribution in [-0.2, 0) is 0 Å². The lowest BCUT2D eigenvalue weighted by atomic mass is 10.0. The molecule has 3 heterocycles. The van der Waals surface area contributed by atoms with E-state index in [0.717, 1.165) is 44.4 Å². The van der Waals surface area contributed by atoms with E-state index in [9.17, 15) is 0 Å². The summed E-state index contributed by atoms with van der Waals surface area (Å²) in [7, 11) is 0. The maximum Gasteiger partial charge on any atom is 0.235 e. The van der Waals surface area contributed by atoms with Crippen LogP contribution in [0.2, 0.25) is 0 Å². The van der Waals surface area contributed by atoms with E-state index in [2.05, 4.69) is 191 Å². The van der Waals surface area contributed by atoms with Crippen LogP contribution in [0.1, 0.15) is 0 Å². The van der Waals surface area contributed by atoms with Crippen molar-refractivity contribution in [3.63, 3.8) is 0 Å². The number of fused-ring (bicyclic) bond motifs is 8. The second-order valence-corrected chi connectivity index (χ2v) is 13.8. The van der Waals surface area contributed by atoms with Gasteiger partial charge in [-0.2, -0.15) is 0 Å². The van der Waals surface area contributed by atoms with Gasteiger partial charge in [0, 0.05) is 38.2 Å². The predicted octanol–water partition coefficient (Wildman–Crippen LogP) is 12.8. The minimum absolute atomic E-state index is 0.661. The Labute approximate surface area is 311 Å². The predicted molar refractivity (Wildman–Crippen MR) is 225 cm³/mol. The lowest BCUT2D eigenvalue weighted by Gasteiger charge is -2.12. The number of para-hydroxylation sites is 3. The van der Waals surface area contributed by atoms with Gasteiger partial charge in [0.05, 0.1) is 33.3 Å². The highest BCUT2D eigenvalue weighted by atomic mass is 15.2. The molecule has 0 radical (unpaired) electrons. The molecule has 54 heavy (non-hydrogen) atoms. The van der Waals surface area contributed by atoms with Crippen LogP contribution >= 0.6 is 0 Å². The molecule has 0 unspecified atom stereocenters. The van der Waals surface area contributed by atoms with E-state index in [-0.39, 0.29) is 0 Å². The molecule has 0 fully saturated rings. The zero-order valence-electron chi connectivity index (χ0n) is 29.3. The van der Waals surface area contributed by atoms with E-state index in [1.165, 1.54) is 49.3 Å². The van der Waals surface area contributed by atoms with Crippen molar-refractivity contribution in [2.75, 3.05) is 0 Å². The fourth-order valence-corrected chi connectivity index (χ4v) is 8.28. The molecular weight excluding hydrogens is 657 g/mol. The fraction of sp³-hybridized carbons (Fsp3) is 0. The monoisotopic (exact) mass is 688 g/mol. The number of benzene rings is 8. The third kappa shape index (κ3) is 4.70. The first-order valence-electron chi connectivity index (χ1n) is 18.3. The Morgan fingerprint density at radius 2 is 0.741 bits per heavy atom. The number of hydrogen-bond acceptors (Lipinski definition) is 2. The zero-order valence-corrected chi connectivity index (χ0v) is 29.3. The first-order valence-corrected chi connectivity index (χ1v) is 18.3.